The number of benzene rings is 1. The Labute approximate surface area is 133 Å². The van der Waals surface area contributed by atoms with Crippen molar-refractivity contribution in [3.8, 4) is 5.75 Å². The summed E-state index contributed by atoms with van der Waals surface area (Å²) in [6.45, 7) is 4.56. The second kappa shape index (κ2) is 4.84. The highest BCUT2D eigenvalue weighted by Gasteiger charge is 2.57. The van der Waals surface area contributed by atoms with Gasteiger partial charge in [0.05, 0.1) is 7.11 Å². The molecule has 0 amide bonds. The number of Topliss-reactive ketones (excluding diaryl/α,β-unsaturated/α-hetero) is 1. The van der Waals surface area contributed by atoms with Crippen molar-refractivity contribution in [1.82, 2.24) is 0 Å². The highest BCUT2D eigenvalue weighted by atomic mass is 16.5. The Morgan fingerprint density at radius 1 is 1.27 bits per heavy atom. The van der Waals surface area contributed by atoms with Gasteiger partial charge in [0.15, 0.2) is 0 Å². The molecule has 0 bridgehead atoms. The third kappa shape index (κ3) is 1.82. The fraction of sp³-hybridized carbons (Fsp3) is 0.650. The second-order valence-electron chi connectivity index (χ2n) is 7.96. The van der Waals surface area contributed by atoms with Gasteiger partial charge in [-0.05, 0) is 72.6 Å². The van der Waals surface area contributed by atoms with Crippen LogP contribution in [0.3, 0.4) is 0 Å². The minimum Gasteiger partial charge on any atom is -0.497 e. The zero-order valence-corrected chi connectivity index (χ0v) is 13.9. The van der Waals surface area contributed by atoms with Gasteiger partial charge in [-0.3, -0.25) is 4.79 Å². The van der Waals surface area contributed by atoms with E-state index in [0.717, 1.165) is 25.0 Å². The number of ketones is 1. The highest BCUT2D eigenvalue weighted by Crippen LogP contribution is 2.61. The van der Waals surface area contributed by atoms with Gasteiger partial charge in [-0.25, -0.2) is 0 Å². The van der Waals surface area contributed by atoms with Gasteiger partial charge in [-0.2, -0.15) is 0 Å². The molecule has 3 aliphatic rings. The van der Waals surface area contributed by atoms with Crippen molar-refractivity contribution in [2.75, 3.05) is 7.11 Å². The van der Waals surface area contributed by atoms with E-state index < -0.39 is 0 Å². The summed E-state index contributed by atoms with van der Waals surface area (Å²) in [4.78, 5) is 12.5. The van der Waals surface area contributed by atoms with Gasteiger partial charge in [-0.1, -0.05) is 19.9 Å². The average Bonchev–Trinajstić information content (AvgIpc) is 2.76. The Morgan fingerprint density at radius 3 is 2.86 bits per heavy atom. The van der Waals surface area contributed by atoms with Gasteiger partial charge in [0, 0.05) is 11.8 Å². The molecule has 5 atom stereocenters. The summed E-state index contributed by atoms with van der Waals surface area (Å²) in [5.74, 6) is 4.01. The third-order valence-corrected chi connectivity index (χ3v) is 6.94. The van der Waals surface area contributed by atoms with Crippen LogP contribution in [0.15, 0.2) is 18.2 Å². The average molecular weight is 298 g/mol. The molecule has 0 heterocycles. The lowest BCUT2D eigenvalue weighted by atomic mass is 9.54. The van der Waals surface area contributed by atoms with Gasteiger partial charge < -0.3 is 4.74 Å². The van der Waals surface area contributed by atoms with Crippen molar-refractivity contribution in [3.05, 3.63) is 29.3 Å². The van der Waals surface area contributed by atoms with E-state index in [0.29, 0.717) is 29.5 Å². The molecule has 0 aromatic heterocycles. The van der Waals surface area contributed by atoms with Crippen LogP contribution in [0.1, 0.15) is 56.6 Å². The molecule has 0 aliphatic heterocycles. The van der Waals surface area contributed by atoms with Crippen molar-refractivity contribution in [1.29, 1.82) is 0 Å². The fourth-order valence-corrected chi connectivity index (χ4v) is 5.96. The topological polar surface area (TPSA) is 26.3 Å². The van der Waals surface area contributed by atoms with Crippen molar-refractivity contribution in [3.63, 3.8) is 0 Å². The number of methoxy groups -OCH3 is 1. The SMILES string of the molecule is COc1ccc2c(c1)CC[C@H]1[C@@H]3[C@H](C)CC(=O)[C@@]3(C)CC[C@H]21. The van der Waals surface area contributed by atoms with Crippen molar-refractivity contribution in [2.45, 2.75) is 51.9 Å². The van der Waals surface area contributed by atoms with E-state index in [9.17, 15) is 4.79 Å². The monoisotopic (exact) mass is 298 g/mol. The number of carbonyl (C=O) groups excluding carboxylic acids is 1. The predicted octanol–water partition coefficient (Wildman–Crippen LogP) is 4.37. The normalized spacial score (nSPS) is 39.9. The lowest BCUT2D eigenvalue weighted by molar-refractivity contribution is -0.129. The van der Waals surface area contributed by atoms with Crippen LogP contribution in [-0.4, -0.2) is 12.9 Å². The van der Waals surface area contributed by atoms with E-state index in [2.05, 4.69) is 32.0 Å². The van der Waals surface area contributed by atoms with Crippen LogP contribution >= 0.6 is 0 Å². The van der Waals surface area contributed by atoms with Crippen molar-refractivity contribution in [2.24, 2.45) is 23.2 Å². The van der Waals surface area contributed by atoms with E-state index in [-0.39, 0.29) is 5.41 Å². The van der Waals surface area contributed by atoms with E-state index in [4.69, 9.17) is 4.74 Å². The Bertz CT molecular complexity index is 620. The van der Waals surface area contributed by atoms with E-state index in [1.807, 2.05) is 0 Å². The lowest BCUT2D eigenvalue weighted by Gasteiger charge is -2.49. The number of rotatable bonds is 1. The number of fused-ring (bicyclic) bond motifs is 5. The second-order valence-corrected chi connectivity index (χ2v) is 7.96. The first-order valence-electron chi connectivity index (χ1n) is 8.74. The summed E-state index contributed by atoms with van der Waals surface area (Å²) in [7, 11) is 1.74. The first-order valence-corrected chi connectivity index (χ1v) is 8.74. The minimum atomic E-state index is -0.0371. The van der Waals surface area contributed by atoms with Crippen LogP contribution in [0.4, 0.5) is 0 Å². The predicted molar refractivity (Wildman–Crippen MR) is 87.2 cm³/mol. The lowest BCUT2D eigenvalue weighted by Crippen LogP contribution is -2.43. The quantitative estimate of drug-likeness (QED) is 0.769. The van der Waals surface area contributed by atoms with Crippen LogP contribution < -0.4 is 4.74 Å². The van der Waals surface area contributed by atoms with Crippen LogP contribution in [0.5, 0.6) is 5.75 Å². The highest BCUT2D eigenvalue weighted by molar-refractivity contribution is 5.87. The molecular formula is C20H26O2. The zero-order valence-electron chi connectivity index (χ0n) is 13.9. The Morgan fingerprint density at radius 2 is 2.09 bits per heavy atom. The smallest absolute Gasteiger partial charge is 0.139 e. The fourth-order valence-electron chi connectivity index (χ4n) is 5.96. The molecule has 0 spiro atoms. The summed E-state index contributed by atoms with van der Waals surface area (Å²) in [6, 6.07) is 6.62. The molecule has 4 rings (SSSR count). The summed E-state index contributed by atoms with van der Waals surface area (Å²) in [5, 5.41) is 0. The number of hydrogen-bond acceptors (Lipinski definition) is 2. The Kier molecular flexibility index (Phi) is 3.15. The Hall–Kier alpha value is -1.31. The zero-order chi connectivity index (χ0) is 15.5. The van der Waals surface area contributed by atoms with E-state index in [1.54, 1.807) is 7.11 Å². The maximum atomic E-state index is 12.5. The molecule has 0 N–H and O–H groups in total. The number of carbonyl (C=O) groups is 1. The molecule has 2 nitrogen and oxygen atoms in total. The minimum absolute atomic E-state index is 0.0371. The maximum Gasteiger partial charge on any atom is 0.139 e. The van der Waals surface area contributed by atoms with Crippen LogP contribution in [0, 0.1) is 23.2 Å². The summed E-state index contributed by atoms with van der Waals surface area (Å²) < 4.78 is 5.39. The molecule has 2 heteroatoms. The molecule has 1 aromatic rings. The number of hydrogen-bond donors (Lipinski definition) is 0. The molecule has 2 fully saturated rings. The number of aryl methyl sites for hydroxylation is 1. The molecule has 118 valence electrons. The molecule has 0 radical (unpaired) electrons. The van der Waals surface area contributed by atoms with Crippen LogP contribution in [-0.2, 0) is 11.2 Å². The first-order chi connectivity index (χ1) is 10.5. The van der Waals surface area contributed by atoms with Gasteiger partial charge in [-0.15, -0.1) is 0 Å². The van der Waals surface area contributed by atoms with E-state index >= 15 is 0 Å². The molecule has 0 saturated heterocycles. The summed E-state index contributed by atoms with van der Waals surface area (Å²) in [6.07, 6.45) is 5.44. The first kappa shape index (κ1) is 14.3. The van der Waals surface area contributed by atoms with Gasteiger partial charge in [0.25, 0.3) is 0 Å². The summed E-state index contributed by atoms with van der Waals surface area (Å²) >= 11 is 0. The molecule has 0 unspecified atom stereocenters. The van der Waals surface area contributed by atoms with Gasteiger partial charge >= 0.3 is 0 Å². The Balaban J connectivity index is 1.72. The van der Waals surface area contributed by atoms with Gasteiger partial charge in [0.2, 0.25) is 0 Å². The largest absolute Gasteiger partial charge is 0.497 e. The maximum absolute atomic E-state index is 12.5. The molecule has 1 aromatic carbocycles. The molecular weight excluding hydrogens is 272 g/mol. The number of ether oxygens (including phenoxy) is 1. The van der Waals surface area contributed by atoms with Crippen molar-refractivity contribution >= 4 is 5.78 Å². The van der Waals surface area contributed by atoms with E-state index in [1.165, 1.54) is 24.0 Å². The van der Waals surface area contributed by atoms with Gasteiger partial charge in [0.1, 0.15) is 11.5 Å². The van der Waals surface area contributed by atoms with Crippen molar-refractivity contribution < 1.29 is 9.53 Å². The standard InChI is InChI=1S/C20H26O2/c1-12-10-18(21)20(2)9-8-16-15-7-5-14(22-3)11-13(15)4-6-17(16)19(12)20/h5,7,11-12,16-17,19H,4,6,8-10H2,1-3H3/t12-,16-,17-,19+,20-/m1/s1. The summed E-state index contributed by atoms with van der Waals surface area (Å²) in [5.41, 5.74) is 2.97. The molecule has 2 saturated carbocycles. The van der Waals surface area contributed by atoms with Crippen LogP contribution in [0.25, 0.3) is 0 Å². The molecule has 22 heavy (non-hydrogen) atoms. The van der Waals surface area contributed by atoms with Crippen LogP contribution in [0.2, 0.25) is 0 Å². The molecule has 3 aliphatic carbocycles. The third-order valence-electron chi connectivity index (χ3n) is 6.94.